The maximum Gasteiger partial charge on any atom is 0.138 e. The summed E-state index contributed by atoms with van der Waals surface area (Å²) in [4.78, 5) is 8.21. The van der Waals surface area contributed by atoms with E-state index in [1.807, 2.05) is 18.2 Å². The van der Waals surface area contributed by atoms with Crippen molar-refractivity contribution >= 4 is 27.5 Å². The maximum absolute atomic E-state index is 5.65. The number of nitrogens with zero attached hydrogens (tertiary/aromatic N) is 2. The molecular weight excluding hydrogens is 304 g/mol. The van der Waals surface area contributed by atoms with Crippen molar-refractivity contribution in [2.75, 3.05) is 0 Å². The quantitative estimate of drug-likeness (QED) is 0.810. The summed E-state index contributed by atoms with van der Waals surface area (Å²) < 4.78 is 6.52. The van der Waals surface area contributed by atoms with Gasteiger partial charge >= 0.3 is 0 Å². The molecule has 0 amide bonds. The van der Waals surface area contributed by atoms with Crippen molar-refractivity contribution in [3.8, 4) is 5.75 Å². The second kappa shape index (κ2) is 5.98. The summed E-state index contributed by atoms with van der Waals surface area (Å²) >= 11 is 9.02. The van der Waals surface area contributed by atoms with Crippen LogP contribution in [0.2, 0.25) is 0 Å². The Morgan fingerprint density at radius 2 is 2.12 bits per heavy atom. The number of hydrogen-bond donors (Lipinski definition) is 0. The lowest BCUT2D eigenvalue weighted by Crippen LogP contribution is -1.97. The van der Waals surface area contributed by atoms with E-state index in [1.54, 1.807) is 18.6 Å². The first-order valence-corrected chi connectivity index (χ1v) is 6.34. The maximum atomic E-state index is 5.65. The van der Waals surface area contributed by atoms with Crippen LogP contribution < -0.4 is 4.74 Å². The van der Waals surface area contributed by atoms with E-state index in [0.717, 1.165) is 21.5 Å². The predicted octanol–water partition coefficient (Wildman–Crippen LogP) is 3.56. The van der Waals surface area contributed by atoms with Crippen LogP contribution in [-0.2, 0) is 12.5 Å². The molecule has 88 valence electrons. The molecule has 2 rings (SSSR count). The van der Waals surface area contributed by atoms with Gasteiger partial charge in [-0.2, -0.15) is 0 Å². The van der Waals surface area contributed by atoms with Crippen LogP contribution in [0.1, 0.15) is 11.3 Å². The summed E-state index contributed by atoms with van der Waals surface area (Å²) in [6.45, 7) is 0.467. The molecule has 0 unspecified atom stereocenters. The number of halogens is 2. The van der Waals surface area contributed by atoms with Gasteiger partial charge < -0.3 is 4.74 Å². The van der Waals surface area contributed by atoms with Gasteiger partial charge in [0, 0.05) is 22.4 Å². The van der Waals surface area contributed by atoms with Gasteiger partial charge in [-0.3, -0.25) is 9.97 Å². The Bertz CT molecular complexity index is 490. The highest BCUT2D eigenvalue weighted by Gasteiger charge is 1.98. The molecule has 0 fully saturated rings. The molecule has 2 aromatic heterocycles. The van der Waals surface area contributed by atoms with E-state index in [-0.39, 0.29) is 0 Å². The average Bonchev–Trinajstić information content (AvgIpc) is 2.37. The van der Waals surface area contributed by atoms with Crippen LogP contribution in [0.3, 0.4) is 0 Å². The minimum absolute atomic E-state index is 0.413. The normalized spacial score (nSPS) is 10.2. The van der Waals surface area contributed by atoms with Gasteiger partial charge in [-0.15, -0.1) is 11.6 Å². The fraction of sp³-hybridized carbons (Fsp3) is 0.167. The molecule has 0 saturated heterocycles. The summed E-state index contributed by atoms with van der Waals surface area (Å²) in [5.74, 6) is 1.13. The lowest BCUT2D eigenvalue weighted by molar-refractivity contribution is 0.304. The van der Waals surface area contributed by atoms with Gasteiger partial charge in [0.15, 0.2) is 0 Å². The zero-order valence-electron chi connectivity index (χ0n) is 8.94. The number of ether oxygens (including phenoxy) is 1. The standard InChI is InChI=1S/C12H10BrClN2O/c13-10-3-9(5-15-6-10)8-17-12-2-1-11(4-14)16-7-12/h1-3,5-7H,4,8H2. The van der Waals surface area contributed by atoms with Gasteiger partial charge in [-0.25, -0.2) is 0 Å². The molecule has 2 heterocycles. The second-order valence-corrected chi connectivity index (χ2v) is 4.60. The first-order valence-electron chi connectivity index (χ1n) is 5.01. The molecule has 0 aliphatic heterocycles. The van der Waals surface area contributed by atoms with Gasteiger partial charge in [0.1, 0.15) is 12.4 Å². The lowest BCUT2D eigenvalue weighted by Gasteiger charge is -2.06. The molecule has 0 aliphatic carbocycles. The Morgan fingerprint density at radius 3 is 2.76 bits per heavy atom. The van der Waals surface area contributed by atoms with Crippen molar-refractivity contribution in [1.29, 1.82) is 0 Å². The fourth-order valence-corrected chi connectivity index (χ4v) is 1.85. The van der Waals surface area contributed by atoms with Crippen LogP contribution in [0.15, 0.2) is 41.3 Å². The average molecular weight is 314 g/mol. The Balaban J connectivity index is 1.97. The summed E-state index contributed by atoms with van der Waals surface area (Å²) in [7, 11) is 0. The molecular formula is C12H10BrClN2O. The third-order valence-electron chi connectivity index (χ3n) is 2.10. The van der Waals surface area contributed by atoms with Crippen LogP contribution >= 0.6 is 27.5 Å². The molecule has 0 radical (unpaired) electrons. The molecule has 0 spiro atoms. The highest BCUT2D eigenvalue weighted by Crippen LogP contribution is 2.14. The zero-order valence-corrected chi connectivity index (χ0v) is 11.3. The Hall–Kier alpha value is -1.13. The molecule has 0 atom stereocenters. The Labute approximate surface area is 113 Å². The Morgan fingerprint density at radius 1 is 1.24 bits per heavy atom. The van der Waals surface area contributed by atoms with E-state index in [0.29, 0.717) is 12.5 Å². The minimum atomic E-state index is 0.413. The SMILES string of the molecule is ClCc1ccc(OCc2cncc(Br)c2)cn1. The van der Waals surface area contributed by atoms with Crippen molar-refractivity contribution in [3.63, 3.8) is 0 Å². The van der Waals surface area contributed by atoms with Crippen molar-refractivity contribution in [3.05, 3.63) is 52.5 Å². The lowest BCUT2D eigenvalue weighted by atomic mass is 10.3. The summed E-state index contributed by atoms with van der Waals surface area (Å²) in [6, 6.07) is 5.67. The molecule has 5 heteroatoms. The molecule has 0 aromatic carbocycles. The number of hydrogen-bond acceptors (Lipinski definition) is 3. The zero-order chi connectivity index (χ0) is 12.1. The van der Waals surface area contributed by atoms with Crippen LogP contribution in [0.5, 0.6) is 5.75 Å². The van der Waals surface area contributed by atoms with Gasteiger partial charge in [0.25, 0.3) is 0 Å². The first kappa shape index (κ1) is 12.3. The smallest absolute Gasteiger partial charge is 0.138 e. The van der Waals surface area contributed by atoms with Crippen molar-refractivity contribution in [2.45, 2.75) is 12.5 Å². The van der Waals surface area contributed by atoms with Crippen LogP contribution in [0.4, 0.5) is 0 Å². The number of alkyl halides is 1. The van der Waals surface area contributed by atoms with E-state index < -0.39 is 0 Å². The van der Waals surface area contributed by atoms with Gasteiger partial charge in [0.2, 0.25) is 0 Å². The minimum Gasteiger partial charge on any atom is -0.487 e. The highest BCUT2D eigenvalue weighted by atomic mass is 79.9. The molecule has 3 nitrogen and oxygen atoms in total. The van der Waals surface area contributed by atoms with E-state index >= 15 is 0 Å². The molecule has 0 bridgehead atoms. The topological polar surface area (TPSA) is 35.0 Å². The van der Waals surface area contributed by atoms with Crippen LogP contribution in [-0.4, -0.2) is 9.97 Å². The predicted molar refractivity (Wildman–Crippen MR) is 70.1 cm³/mol. The van der Waals surface area contributed by atoms with E-state index in [9.17, 15) is 0 Å². The van der Waals surface area contributed by atoms with Crippen LogP contribution in [0.25, 0.3) is 0 Å². The van der Waals surface area contributed by atoms with Crippen LogP contribution in [0, 0.1) is 0 Å². The molecule has 0 saturated carbocycles. The third kappa shape index (κ3) is 3.68. The van der Waals surface area contributed by atoms with Crippen molar-refractivity contribution in [2.24, 2.45) is 0 Å². The molecule has 17 heavy (non-hydrogen) atoms. The summed E-state index contributed by atoms with van der Waals surface area (Å²) in [5.41, 5.74) is 1.84. The van der Waals surface area contributed by atoms with Gasteiger partial charge in [-0.1, -0.05) is 0 Å². The van der Waals surface area contributed by atoms with Crippen molar-refractivity contribution < 1.29 is 4.74 Å². The third-order valence-corrected chi connectivity index (χ3v) is 2.81. The van der Waals surface area contributed by atoms with E-state index in [2.05, 4.69) is 25.9 Å². The number of rotatable bonds is 4. The number of aromatic nitrogens is 2. The second-order valence-electron chi connectivity index (χ2n) is 3.42. The highest BCUT2D eigenvalue weighted by molar-refractivity contribution is 9.10. The summed E-state index contributed by atoms with van der Waals surface area (Å²) in [6.07, 6.45) is 5.18. The monoisotopic (exact) mass is 312 g/mol. The van der Waals surface area contributed by atoms with Gasteiger partial charge in [-0.05, 0) is 34.1 Å². The van der Waals surface area contributed by atoms with Crippen molar-refractivity contribution in [1.82, 2.24) is 9.97 Å². The molecule has 0 aliphatic rings. The fourth-order valence-electron chi connectivity index (χ4n) is 1.28. The largest absolute Gasteiger partial charge is 0.487 e. The van der Waals surface area contributed by atoms with E-state index in [1.165, 1.54) is 0 Å². The summed E-state index contributed by atoms with van der Waals surface area (Å²) in [5, 5.41) is 0. The molecule has 2 aromatic rings. The number of pyridine rings is 2. The van der Waals surface area contributed by atoms with E-state index in [4.69, 9.17) is 16.3 Å². The first-order chi connectivity index (χ1) is 8.28. The molecule has 0 N–H and O–H groups in total. The Kier molecular flexibility index (Phi) is 4.34. The van der Waals surface area contributed by atoms with Gasteiger partial charge in [0.05, 0.1) is 17.8 Å².